The lowest BCUT2D eigenvalue weighted by atomic mass is 9.98. The van der Waals surface area contributed by atoms with Crippen LogP contribution in [-0.2, 0) is 19.4 Å². The number of tetrazole rings is 1. The number of H-pyrrole nitrogens is 1. The Morgan fingerprint density at radius 1 is 1.00 bits per heavy atom. The third-order valence-electron chi connectivity index (χ3n) is 6.08. The molecule has 0 saturated heterocycles. The van der Waals surface area contributed by atoms with Gasteiger partial charge < -0.3 is 4.57 Å². The van der Waals surface area contributed by atoms with E-state index in [4.69, 9.17) is 4.98 Å². The lowest BCUT2D eigenvalue weighted by Gasteiger charge is -2.13. The van der Waals surface area contributed by atoms with Gasteiger partial charge in [-0.25, -0.2) is 4.98 Å². The van der Waals surface area contributed by atoms with Crippen LogP contribution >= 0.6 is 0 Å². The molecule has 0 saturated carbocycles. The molecule has 2 aromatic heterocycles. The van der Waals surface area contributed by atoms with E-state index >= 15 is 0 Å². The van der Waals surface area contributed by atoms with E-state index in [0.29, 0.717) is 17.9 Å². The number of carbonyl (C=O) groups excluding carboxylic acids is 1. The summed E-state index contributed by atoms with van der Waals surface area (Å²) in [7, 11) is 0. The normalized spacial score (nSPS) is 13.7. The number of carbonyl (C=O) groups is 1. The van der Waals surface area contributed by atoms with Crippen molar-refractivity contribution in [2.75, 3.05) is 0 Å². The maximum absolute atomic E-state index is 12.6. The molecule has 0 radical (unpaired) electrons. The second kappa shape index (κ2) is 8.86. The van der Waals surface area contributed by atoms with Crippen LogP contribution in [0.1, 0.15) is 60.2 Å². The number of nitrogens with one attached hydrogen (secondary N) is 1. The Labute approximate surface area is 186 Å². The molecular formula is C25H26N6O. The Bertz CT molecular complexity index is 1220. The number of aromatic amines is 1. The quantitative estimate of drug-likeness (QED) is 0.454. The number of aromatic nitrogens is 6. The first-order valence-electron chi connectivity index (χ1n) is 11.3. The summed E-state index contributed by atoms with van der Waals surface area (Å²) in [5, 5.41) is 14.5. The highest BCUT2D eigenvalue weighted by Gasteiger charge is 2.24. The Kier molecular flexibility index (Phi) is 5.62. The zero-order valence-electron chi connectivity index (χ0n) is 18.2. The van der Waals surface area contributed by atoms with E-state index in [1.807, 2.05) is 18.2 Å². The van der Waals surface area contributed by atoms with Gasteiger partial charge in [0.25, 0.3) is 0 Å². The number of nitrogens with zero attached hydrogens (tertiary/aromatic N) is 5. The minimum atomic E-state index is 0.196. The van der Waals surface area contributed by atoms with Crippen molar-refractivity contribution in [2.24, 2.45) is 0 Å². The molecule has 1 N–H and O–H groups in total. The van der Waals surface area contributed by atoms with Crippen molar-refractivity contribution in [2.45, 2.75) is 52.0 Å². The topological polar surface area (TPSA) is 89.3 Å². The molecule has 0 aliphatic heterocycles. The molecule has 0 atom stereocenters. The number of hydrogen-bond donors (Lipinski definition) is 1. The van der Waals surface area contributed by atoms with Crippen LogP contribution in [0.2, 0.25) is 0 Å². The van der Waals surface area contributed by atoms with E-state index in [1.165, 1.54) is 5.56 Å². The predicted octanol–water partition coefficient (Wildman–Crippen LogP) is 4.64. The first-order chi connectivity index (χ1) is 15.7. The molecule has 2 heterocycles. The van der Waals surface area contributed by atoms with Gasteiger partial charge in [0.05, 0.1) is 0 Å². The van der Waals surface area contributed by atoms with Gasteiger partial charge in [-0.2, -0.15) is 5.21 Å². The fraction of sp³-hybridized carbons (Fsp3) is 0.320. The predicted molar refractivity (Wildman–Crippen MR) is 122 cm³/mol. The molecule has 0 unspecified atom stereocenters. The Hall–Kier alpha value is -3.61. The molecule has 1 aliphatic rings. The largest absolute Gasteiger partial charge is 0.327 e. The van der Waals surface area contributed by atoms with Gasteiger partial charge in [-0.15, -0.1) is 10.2 Å². The second-order valence-corrected chi connectivity index (χ2v) is 8.27. The average Bonchev–Trinajstić information content (AvgIpc) is 3.43. The van der Waals surface area contributed by atoms with E-state index < -0.39 is 0 Å². The summed E-state index contributed by atoms with van der Waals surface area (Å²) in [6.45, 7) is 2.89. The van der Waals surface area contributed by atoms with Crippen molar-refractivity contribution >= 4 is 5.78 Å². The minimum absolute atomic E-state index is 0.196. The van der Waals surface area contributed by atoms with Gasteiger partial charge in [-0.3, -0.25) is 4.79 Å². The van der Waals surface area contributed by atoms with Gasteiger partial charge in [0.2, 0.25) is 5.82 Å². The number of Topliss-reactive ketones (excluding diaryl/α,β-unsaturated/α-hetero) is 1. The molecule has 32 heavy (non-hydrogen) atoms. The molecule has 4 aromatic rings. The first kappa shape index (κ1) is 20.3. The zero-order valence-corrected chi connectivity index (χ0v) is 18.2. The van der Waals surface area contributed by atoms with Crippen molar-refractivity contribution in [3.8, 4) is 22.5 Å². The van der Waals surface area contributed by atoms with Gasteiger partial charge in [0.15, 0.2) is 5.78 Å². The minimum Gasteiger partial charge on any atom is -0.327 e. The van der Waals surface area contributed by atoms with Crippen molar-refractivity contribution in [3.63, 3.8) is 0 Å². The van der Waals surface area contributed by atoms with Crippen molar-refractivity contribution in [3.05, 3.63) is 71.3 Å². The molecule has 0 amide bonds. The number of imidazole rings is 1. The molecule has 2 aromatic carbocycles. The molecule has 7 heteroatoms. The van der Waals surface area contributed by atoms with Crippen molar-refractivity contribution in [1.82, 2.24) is 30.2 Å². The van der Waals surface area contributed by atoms with Gasteiger partial charge >= 0.3 is 0 Å². The van der Waals surface area contributed by atoms with Crippen LogP contribution in [0.4, 0.5) is 0 Å². The Morgan fingerprint density at radius 2 is 1.78 bits per heavy atom. The van der Waals surface area contributed by atoms with Crippen molar-refractivity contribution < 1.29 is 4.79 Å². The maximum Gasteiger partial charge on any atom is 0.205 e. The molecule has 1 aliphatic carbocycles. The summed E-state index contributed by atoms with van der Waals surface area (Å²) >= 11 is 0. The zero-order chi connectivity index (χ0) is 21.9. The van der Waals surface area contributed by atoms with E-state index in [-0.39, 0.29) is 5.78 Å². The summed E-state index contributed by atoms with van der Waals surface area (Å²) in [5.41, 5.74) is 6.12. The SMILES string of the molecule is CCCc1nc2c(n1Cc1ccc(-c3ccccc3-c3nn[nH]n3)cc1)CCCCC2=O. The van der Waals surface area contributed by atoms with Crippen LogP contribution in [0.3, 0.4) is 0 Å². The first-order valence-corrected chi connectivity index (χ1v) is 11.3. The van der Waals surface area contributed by atoms with Crippen LogP contribution in [-0.4, -0.2) is 36.0 Å². The van der Waals surface area contributed by atoms with Gasteiger partial charge in [0, 0.05) is 30.6 Å². The third kappa shape index (κ3) is 3.86. The number of ketones is 1. The maximum atomic E-state index is 12.6. The van der Waals surface area contributed by atoms with E-state index in [0.717, 1.165) is 66.9 Å². The van der Waals surface area contributed by atoms with Gasteiger partial charge in [-0.1, -0.05) is 55.5 Å². The molecule has 0 fully saturated rings. The lowest BCUT2D eigenvalue weighted by Crippen LogP contribution is -2.09. The summed E-state index contributed by atoms with van der Waals surface area (Å²) in [6, 6.07) is 16.6. The lowest BCUT2D eigenvalue weighted by molar-refractivity contribution is 0.0977. The van der Waals surface area contributed by atoms with E-state index in [2.05, 4.69) is 62.4 Å². The number of fused-ring (bicyclic) bond motifs is 1. The number of aryl methyl sites for hydroxylation is 1. The standard InChI is InChI=1S/C25H26N6O/c1-2-7-23-26-24-21(10-5-6-11-22(24)32)31(23)16-17-12-14-18(15-13-17)19-8-3-4-9-20(19)25-27-29-30-28-25/h3-4,8-9,12-15H,2,5-7,10-11,16H2,1H3,(H,27,28,29,30). The third-order valence-corrected chi connectivity index (χ3v) is 6.08. The summed E-state index contributed by atoms with van der Waals surface area (Å²) in [5.74, 6) is 1.81. The van der Waals surface area contributed by atoms with Crippen LogP contribution in [0.25, 0.3) is 22.5 Å². The number of rotatable bonds is 6. The van der Waals surface area contributed by atoms with Gasteiger partial charge in [0.1, 0.15) is 11.5 Å². The number of benzene rings is 2. The molecule has 7 nitrogen and oxygen atoms in total. The van der Waals surface area contributed by atoms with Crippen LogP contribution in [0.15, 0.2) is 48.5 Å². The van der Waals surface area contributed by atoms with E-state index in [1.54, 1.807) is 0 Å². The summed E-state index contributed by atoms with van der Waals surface area (Å²) < 4.78 is 2.28. The van der Waals surface area contributed by atoms with Gasteiger partial charge in [-0.05, 0) is 47.6 Å². The highest BCUT2D eigenvalue weighted by molar-refractivity contribution is 5.95. The van der Waals surface area contributed by atoms with Crippen LogP contribution in [0, 0.1) is 0 Å². The molecule has 5 rings (SSSR count). The van der Waals surface area contributed by atoms with E-state index in [9.17, 15) is 4.79 Å². The smallest absolute Gasteiger partial charge is 0.205 e. The Morgan fingerprint density at radius 3 is 2.53 bits per heavy atom. The summed E-state index contributed by atoms with van der Waals surface area (Å²) in [4.78, 5) is 17.3. The fourth-order valence-electron chi connectivity index (χ4n) is 4.49. The highest BCUT2D eigenvalue weighted by Crippen LogP contribution is 2.30. The number of hydrogen-bond acceptors (Lipinski definition) is 5. The molecule has 162 valence electrons. The fourth-order valence-corrected chi connectivity index (χ4v) is 4.49. The molecule has 0 spiro atoms. The highest BCUT2D eigenvalue weighted by atomic mass is 16.1. The van der Waals surface area contributed by atoms with Crippen molar-refractivity contribution in [1.29, 1.82) is 0 Å². The Balaban J connectivity index is 1.46. The van der Waals surface area contributed by atoms with Crippen LogP contribution in [0.5, 0.6) is 0 Å². The molecular weight excluding hydrogens is 400 g/mol. The molecule has 0 bridgehead atoms. The second-order valence-electron chi connectivity index (χ2n) is 8.27. The monoisotopic (exact) mass is 426 g/mol. The summed E-state index contributed by atoms with van der Waals surface area (Å²) in [6.07, 6.45) is 5.43. The average molecular weight is 427 g/mol. The van der Waals surface area contributed by atoms with Crippen LogP contribution < -0.4 is 0 Å².